The van der Waals surface area contributed by atoms with Gasteiger partial charge in [-0.3, -0.25) is 9.48 Å². The second kappa shape index (κ2) is 6.14. The summed E-state index contributed by atoms with van der Waals surface area (Å²) in [7, 11) is 1.58. The molecule has 19 heavy (non-hydrogen) atoms. The van der Waals surface area contributed by atoms with Crippen LogP contribution in [0.5, 0.6) is 0 Å². The minimum absolute atomic E-state index is 0.247. The summed E-state index contributed by atoms with van der Waals surface area (Å²) in [4.78, 5) is 16.2. The van der Waals surface area contributed by atoms with E-state index in [1.54, 1.807) is 19.2 Å². The zero-order chi connectivity index (χ0) is 13.8. The van der Waals surface area contributed by atoms with Gasteiger partial charge >= 0.3 is 0 Å². The highest BCUT2D eigenvalue weighted by Gasteiger charge is 2.19. The number of carbonyl (C=O) groups is 1. The molecule has 0 unspecified atom stereocenters. The van der Waals surface area contributed by atoms with Crippen LogP contribution < -0.4 is 0 Å². The van der Waals surface area contributed by atoms with Crippen molar-refractivity contribution in [1.82, 2.24) is 14.8 Å². The summed E-state index contributed by atoms with van der Waals surface area (Å²) in [5, 5.41) is 4.69. The number of methoxy groups -OCH3 is 1. The lowest BCUT2D eigenvalue weighted by atomic mass is 10.1. The molecule has 0 atom stereocenters. The van der Waals surface area contributed by atoms with E-state index in [2.05, 4.69) is 10.1 Å². The van der Waals surface area contributed by atoms with Crippen LogP contribution >= 0.6 is 23.2 Å². The largest absolute Gasteiger partial charge is 0.383 e. The smallest absolute Gasteiger partial charge is 0.214 e. The molecule has 0 aliphatic rings. The van der Waals surface area contributed by atoms with Gasteiger partial charge in [-0.05, 0) is 12.1 Å². The minimum atomic E-state index is -0.247. The summed E-state index contributed by atoms with van der Waals surface area (Å²) in [5.74, 6) is -0.247. The molecule has 0 N–H and O–H groups in total. The van der Waals surface area contributed by atoms with Crippen molar-refractivity contribution in [2.75, 3.05) is 13.7 Å². The highest BCUT2D eigenvalue weighted by Crippen LogP contribution is 2.19. The number of ether oxygens (including phenoxy) is 1. The van der Waals surface area contributed by atoms with Gasteiger partial charge in [-0.1, -0.05) is 23.2 Å². The highest BCUT2D eigenvalue weighted by atomic mass is 35.5. The fourth-order valence-electron chi connectivity index (χ4n) is 1.58. The van der Waals surface area contributed by atoms with Crippen molar-refractivity contribution in [2.24, 2.45) is 0 Å². The molecule has 0 saturated carbocycles. The Balaban J connectivity index is 2.32. The van der Waals surface area contributed by atoms with Crippen LogP contribution in [0.3, 0.4) is 0 Å². The molecule has 0 bridgehead atoms. The summed E-state index contributed by atoms with van der Waals surface area (Å²) in [5.41, 5.74) is 0.730. The first kappa shape index (κ1) is 14.0. The van der Waals surface area contributed by atoms with Crippen molar-refractivity contribution in [3.8, 4) is 0 Å². The predicted molar refractivity (Wildman–Crippen MR) is 71.8 cm³/mol. The molecule has 2 aromatic heterocycles. The molecule has 2 rings (SSSR count). The number of ketones is 1. The van der Waals surface area contributed by atoms with E-state index < -0.39 is 0 Å². The fourth-order valence-corrected chi connectivity index (χ4v) is 1.92. The van der Waals surface area contributed by atoms with Gasteiger partial charge in [0, 0.05) is 18.9 Å². The first-order chi connectivity index (χ1) is 9.13. The monoisotopic (exact) mass is 299 g/mol. The molecular formula is C12H11Cl2N3O2. The van der Waals surface area contributed by atoms with Crippen LogP contribution in [0.1, 0.15) is 16.1 Å². The molecule has 0 radical (unpaired) electrons. The van der Waals surface area contributed by atoms with E-state index >= 15 is 0 Å². The van der Waals surface area contributed by atoms with E-state index in [1.807, 2.05) is 0 Å². The summed E-state index contributed by atoms with van der Waals surface area (Å²) in [6, 6.07) is 3.15. The first-order valence-electron chi connectivity index (χ1n) is 5.50. The lowest BCUT2D eigenvalue weighted by Gasteiger charge is -2.06. The number of hydrogen-bond donors (Lipinski definition) is 0. The Morgan fingerprint density at radius 2 is 2.16 bits per heavy atom. The Bertz CT molecular complexity index is 581. The molecular weight excluding hydrogens is 289 g/mol. The number of aromatic nitrogens is 3. The Morgan fingerprint density at radius 3 is 2.79 bits per heavy atom. The molecule has 0 spiro atoms. The van der Waals surface area contributed by atoms with Crippen molar-refractivity contribution < 1.29 is 9.53 Å². The third-order valence-corrected chi connectivity index (χ3v) is 3.01. The normalized spacial score (nSPS) is 10.7. The number of hydrogen-bond acceptors (Lipinski definition) is 4. The van der Waals surface area contributed by atoms with Crippen LogP contribution in [0.4, 0.5) is 0 Å². The topological polar surface area (TPSA) is 57.0 Å². The van der Waals surface area contributed by atoms with Gasteiger partial charge in [-0.2, -0.15) is 5.10 Å². The van der Waals surface area contributed by atoms with Crippen molar-refractivity contribution in [3.05, 3.63) is 46.0 Å². The summed E-state index contributed by atoms with van der Waals surface area (Å²) in [6.45, 7) is 0.891. The molecule has 5 nitrogen and oxygen atoms in total. The molecule has 0 aliphatic heterocycles. The van der Waals surface area contributed by atoms with Gasteiger partial charge in [0.2, 0.25) is 5.78 Å². The number of rotatable bonds is 5. The zero-order valence-electron chi connectivity index (χ0n) is 10.1. The van der Waals surface area contributed by atoms with E-state index in [-0.39, 0.29) is 5.78 Å². The van der Waals surface area contributed by atoms with Crippen molar-refractivity contribution in [2.45, 2.75) is 6.54 Å². The molecule has 0 saturated heterocycles. The predicted octanol–water partition coefficient (Wildman–Crippen LogP) is 2.46. The van der Waals surface area contributed by atoms with E-state index in [1.165, 1.54) is 17.1 Å². The van der Waals surface area contributed by atoms with Crippen molar-refractivity contribution in [1.29, 1.82) is 0 Å². The molecule has 7 heteroatoms. The van der Waals surface area contributed by atoms with Crippen LogP contribution in [0.25, 0.3) is 0 Å². The third-order valence-electron chi connectivity index (χ3n) is 2.51. The van der Waals surface area contributed by atoms with Crippen LogP contribution in [-0.4, -0.2) is 34.3 Å². The Morgan fingerprint density at radius 1 is 1.37 bits per heavy atom. The van der Waals surface area contributed by atoms with Gasteiger partial charge in [-0.25, -0.2) is 4.98 Å². The maximum atomic E-state index is 12.4. The quantitative estimate of drug-likeness (QED) is 0.629. The van der Waals surface area contributed by atoms with E-state index in [4.69, 9.17) is 27.9 Å². The average molecular weight is 300 g/mol. The maximum Gasteiger partial charge on any atom is 0.214 e. The fraction of sp³-hybridized carbons (Fsp3) is 0.250. The lowest BCUT2D eigenvalue weighted by molar-refractivity contribution is 0.102. The number of nitrogens with zero attached hydrogens (tertiary/aromatic N) is 3. The Labute approximate surface area is 120 Å². The van der Waals surface area contributed by atoms with Gasteiger partial charge in [-0.15, -0.1) is 0 Å². The minimum Gasteiger partial charge on any atom is -0.383 e. The van der Waals surface area contributed by atoms with Crippen molar-refractivity contribution >= 4 is 29.0 Å². The van der Waals surface area contributed by atoms with Gasteiger partial charge in [0.1, 0.15) is 10.8 Å². The van der Waals surface area contributed by atoms with Crippen LogP contribution in [0, 0.1) is 0 Å². The van der Waals surface area contributed by atoms with Gasteiger partial charge in [0.05, 0.1) is 24.4 Å². The molecule has 0 aliphatic carbocycles. The standard InChI is InChI=1S/C12H11Cl2N3O2/c1-19-5-4-17-11(9(13)7-16-17)12(18)8-2-3-10(14)15-6-8/h2-3,6-7H,4-5H2,1H3. The molecule has 0 aromatic carbocycles. The summed E-state index contributed by atoms with van der Waals surface area (Å²) >= 11 is 11.7. The van der Waals surface area contributed by atoms with Gasteiger partial charge in [0.25, 0.3) is 0 Å². The van der Waals surface area contributed by atoms with E-state index in [9.17, 15) is 4.79 Å². The SMILES string of the molecule is COCCn1ncc(Cl)c1C(=O)c1ccc(Cl)nc1. The lowest BCUT2D eigenvalue weighted by Crippen LogP contribution is -2.14. The van der Waals surface area contributed by atoms with Crippen molar-refractivity contribution in [3.63, 3.8) is 0 Å². The second-order valence-electron chi connectivity index (χ2n) is 3.76. The zero-order valence-corrected chi connectivity index (χ0v) is 11.6. The molecule has 0 fully saturated rings. The molecule has 2 aromatic rings. The Hall–Kier alpha value is -1.43. The van der Waals surface area contributed by atoms with Crippen LogP contribution in [0.15, 0.2) is 24.5 Å². The van der Waals surface area contributed by atoms with Gasteiger partial charge in [0.15, 0.2) is 0 Å². The summed E-state index contributed by atoms with van der Waals surface area (Å²) in [6.07, 6.45) is 2.85. The van der Waals surface area contributed by atoms with Gasteiger partial charge < -0.3 is 4.74 Å². The maximum absolute atomic E-state index is 12.4. The van der Waals surface area contributed by atoms with E-state index in [0.29, 0.717) is 34.6 Å². The second-order valence-corrected chi connectivity index (χ2v) is 4.55. The Kier molecular flexibility index (Phi) is 4.52. The third kappa shape index (κ3) is 3.12. The average Bonchev–Trinajstić information content (AvgIpc) is 2.77. The number of halogens is 2. The first-order valence-corrected chi connectivity index (χ1v) is 6.25. The molecule has 2 heterocycles. The van der Waals surface area contributed by atoms with Crippen LogP contribution in [0.2, 0.25) is 10.2 Å². The molecule has 100 valence electrons. The van der Waals surface area contributed by atoms with Crippen LogP contribution in [-0.2, 0) is 11.3 Å². The molecule has 0 amide bonds. The summed E-state index contributed by atoms with van der Waals surface area (Å²) < 4.78 is 6.48. The van der Waals surface area contributed by atoms with E-state index in [0.717, 1.165) is 0 Å². The number of carbonyl (C=O) groups excluding carboxylic acids is 1. The highest BCUT2D eigenvalue weighted by molar-refractivity contribution is 6.34. The number of pyridine rings is 1.